The van der Waals surface area contributed by atoms with E-state index in [0.29, 0.717) is 11.1 Å². The maximum absolute atomic E-state index is 13.5. The fraction of sp³-hybridized carbons (Fsp3) is 0.143. The van der Waals surface area contributed by atoms with Gasteiger partial charge in [0.25, 0.3) is 0 Å². The van der Waals surface area contributed by atoms with Crippen LogP contribution in [-0.4, -0.2) is 10.8 Å². The van der Waals surface area contributed by atoms with Gasteiger partial charge in [0.2, 0.25) is 5.78 Å². The van der Waals surface area contributed by atoms with Crippen molar-refractivity contribution in [3.05, 3.63) is 51.9 Å². The first-order chi connectivity index (χ1) is 9.13. The third-order valence-electron chi connectivity index (χ3n) is 2.78. The molecule has 0 radical (unpaired) electrons. The molecule has 0 saturated heterocycles. The van der Waals surface area contributed by atoms with Gasteiger partial charge in [-0.3, -0.25) is 4.79 Å². The van der Waals surface area contributed by atoms with E-state index in [1.165, 1.54) is 17.4 Å². The summed E-state index contributed by atoms with van der Waals surface area (Å²) < 4.78 is 18.8. The number of aryl methyl sites for hydroxylation is 1. The maximum Gasteiger partial charge on any atom is 0.204 e. The van der Waals surface area contributed by atoms with Crippen LogP contribution in [0.1, 0.15) is 21.3 Å². The van der Waals surface area contributed by atoms with E-state index in [9.17, 15) is 9.18 Å². The van der Waals surface area contributed by atoms with Gasteiger partial charge in [-0.25, -0.2) is 9.37 Å². The Hall–Kier alpha value is -2.01. The lowest BCUT2D eigenvalue weighted by Gasteiger charge is -1.93. The molecule has 0 fully saturated rings. The van der Waals surface area contributed by atoms with E-state index in [0.717, 1.165) is 5.01 Å². The van der Waals surface area contributed by atoms with Crippen molar-refractivity contribution in [2.45, 2.75) is 13.3 Å². The Labute approximate surface area is 112 Å². The third-order valence-corrected chi connectivity index (χ3v) is 3.60. The molecule has 0 bridgehead atoms. The second kappa shape index (κ2) is 4.59. The van der Waals surface area contributed by atoms with Crippen LogP contribution >= 0.6 is 11.3 Å². The number of thiazole rings is 1. The second-order valence-electron chi connectivity index (χ2n) is 4.23. The Bertz CT molecular complexity index is 760. The van der Waals surface area contributed by atoms with Crippen molar-refractivity contribution in [2.75, 3.05) is 0 Å². The average Bonchev–Trinajstić information content (AvgIpc) is 2.96. The highest BCUT2D eigenvalue weighted by atomic mass is 32.1. The molecule has 3 nitrogen and oxygen atoms in total. The highest BCUT2D eigenvalue weighted by Crippen LogP contribution is 2.23. The second-order valence-corrected chi connectivity index (χ2v) is 5.29. The number of hydrogen-bond donors (Lipinski definition) is 0. The summed E-state index contributed by atoms with van der Waals surface area (Å²) in [7, 11) is 0. The van der Waals surface area contributed by atoms with E-state index in [1.807, 2.05) is 12.3 Å². The number of carbonyl (C=O) groups is 1. The molecule has 3 aromatic rings. The van der Waals surface area contributed by atoms with Gasteiger partial charge in [-0.1, -0.05) is 12.1 Å². The van der Waals surface area contributed by atoms with Gasteiger partial charge in [-0.2, -0.15) is 0 Å². The summed E-state index contributed by atoms with van der Waals surface area (Å²) in [5.41, 5.74) is 0.841. The molecule has 5 heteroatoms. The van der Waals surface area contributed by atoms with Gasteiger partial charge in [-0.05, 0) is 19.1 Å². The van der Waals surface area contributed by atoms with Crippen molar-refractivity contribution in [1.29, 1.82) is 0 Å². The van der Waals surface area contributed by atoms with E-state index in [4.69, 9.17) is 4.42 Å². The molecule has 0 aliphatic heterocycles. The van der Waals surface area contributed by atoms with Crippen LogP contribution in [0.25, 0.3) is 11.0 Å². The quantitative estimate of drug-likeness (QED) is 0.683. The van der Waals surface area contributed by atoms with Crippen LogP contribution < -0.4 is 0 Å². The van der Waals surface area contributed by atoms with Gasteiger partial charge in [0.1, 0.15) is 0 Å². The number of para-hydroxylation sites is 1. The fourth-order valence-electron chi connectivity index (χ4n) is 1.91. The van der Waals surface area contributed by atoms with Crippen LogP contribution in [0.2, 0.25) is 0 Å². The van der Waals surface area contributed by atoms with Crippen molar-refractivity contribution in [3.63, 3.8) is 0 Å². The molecule has 2 aromatic heterocycles. The van der Waals surface area contributed by atoms with Crippen LogP contribution in [0.3, 0.4) is 0 Å². The number of furan rings is 1. The smallest absolute Gasteiger partial charge is 0.204 e. The summed E-state index contributed by atoms with van der Waals surface area (Å²) >= 11 is 1.50. The summed E-state index contributed by atoms with van der Waals surface area (Å²) in [6, 6.07) is 6.18. The zero-order valence-electron chi connectivity index (χ0n) is 10.1. The van der Waals surface area contributed by atoms with Crippen molar-refractivity contribution in [2.24, 2.45) is 0 Å². The SMILES string of the molecule is Cc1nc(CC(=O)c2cc3cccc(F)c3o2)cs1. The van der Waals surface area contributed by atoms with E-state index in [-0.39, 0.29) is 23.5 Å². The summed E-state index contributed by atoms with van der Waals surface area (Å²) in [6.07, 6.45) is 0.172. The number of hydrogen-bond acceptors (Lipinski definition) is 4. The number of fused-ring (bicyclic) bond motifs is 1. The molecule has 0 aliphatic rings. The van der Waals surface area contributed by atoms with Gasteiger partial charge in [0.15, 0.2) is 17.2 Å². The molecule has 19 heavy (non-hydrogen) atoms. The number of rotatable bonds is 3. The Morgan fingerprint density at radius 3 is 3.00 bits per heavy atom. The first-order valence-corrected chi connectivity index (χ1v) is 6.64. The largest absolute Gasteiger partial charge is 0.450 e. The van der Waals surface area contributed by atoms with Crippen molar-refractivity contribution >= 4 is 28.1 Å². The number of carbonyl (C=O) groups excluding carboxylic acids is 1. The predicted molar refractivity (Wildman–Crippen MR) is 71.1 cm³/mol. The van der Waals surface area contributed by atoms with Crippen molar-refractivity contribution in [3.8, 4) is 0 Å². The van der Waals surface area contributed by atoms with Crippen LogP contribution in [0.5, 0.6) is 0 Å². The van der Waals surface area contributed by atoms with Gasteiger partial charge < -0.3 is 4.42 Å². The minimum atomic E-state index is -0.457. The van der Waals surface area contributed by atoms with E-state index in [1.54, 1.807) is 18.2 Å². The van der Waals surface area contributed by atoms with E-state index >= 15 is 0 Å². The molecular weight excluding hydrogens is 265 g/mol. The highest BCUT2D eigenvalue weighted by molar-refractivity contribution is 7.09. The zero-order valence-corrected chi connectivity index (χ0v) is 11.0. The summed E-state index contributed by atoms with van der Waals surface area (Å²) in [5, 5.41) is 3.35. The van der Waals surface area contributed by atoms with Gasteiger partial charge in [0, 0.05) is 10.8 Å². The summed E-state index contributed by atoms with van der Waals surface area (Å²) in [6.45, 7) is 1.88. The summed E-state index contributed by atoms with van der Waals surface area (Å²) in [5.74, 6) is -0.479. The first kappa shape index (κ1) is 12.0. The molecule has 3 rings (SSSR count). The molecule has 0 atom stereocenters. The molecule has 0 unspecified atom stereocenters. The van der Waals surface area contributed by atoms with E-state index in [2.05, 4.69) is 4.98 Å². The molecule has 1 aromatic carbocycles. The number of Topliss-reactive ketones (excluding diaryl/α,β-unsaturated/α-hetero) is 1. The fourth-order valence-corrected chi connectivity index (χ4v) is 2.52. The number of benzene rings is 1. The minimum Gasteiger partial charge on any atom is -0.450 e. The molecule has 2 heterocycles. The van der Waals surface area contributed by atoms with Gasteiger partial charge in [-0.15, -0.1) is 11.3 Å². The Morgan fingerprint density at radius 2 is 2.32 bits per heavy atom. The van der Waals surface area contributed by atoms with Crippen molar-refractivity contribution in [1.82, 2.24) is 4.98 Å². The molecule has 96 valence electrons. The molecule has 0 N–H and O–H groups in total. The first-order valence-electron chi connectivity index (χ1n) is 5.76. The highest BCUT2D eigenvalue weighted by Gasteiger charge is 2.15. The number of ketones is 1. The summed E-state index contributed by atoms with van der Waals surface area (Å²) in [4.78, 5) is 16.3. The number of nitrogens with zero attached hydrogens (tertiary/aromatic N) is 1. The zero-order chi connectivity index (χ0) is 13.4. The lowest BCUT2D eigenvalue weighted by molar-refractivity contribution is 0.0967. The Morgan fingerprint density at radius 1 is 1.47 bits per heavy atom. The molecular formula is C14H10FNO2S. The molecule has 0 saturated carbocycles. The van der Waals surface area contributed by atoms with Gasteiger partial charge in [0.05, 0.1) is 17.1 Å². The molecule has 0 aliphatic carbocycles. The normalized spacial score (nSPS) is 11.1. The minimum absolute atomic E-state index is 0.125. The van der Waals surface area contributed by atoms with Crippen molar-refractivity contribution < 1.29 is 13.6 Å². The monoisotopic (exact) mass is 275 g/mol. The predicted octanol–water partition coefficient (Wildman–Crippen LogP) is 3.76. The van der Waals surface area contributed by atoms with E-state index < -0.39 is 5.82 Å². The van der Waals surface area contributed by atoms with Crippen LogP contribution in [0, 0.1) is 12.7 Å². The molecule has 0 amide bonds. The van der Waals surface area contributed by atoms with Crippen LogP contribution in [0.4, 0.5) is 4.39 Å². The molecule has 0 spiro atoms. The van der Waals surface area contributed by atoms with Crippen LogP contribution in [0.15, 0.2) is 34.1 Å². The lowest BCUT2D eigenvalue weighted by Crippen LogP contribution is -2.02. The standard InChI is InChI=1S/C14H10FNO2S/c1-8-16-10(7-19-8)6-12(17)13-5-9-3-2-4-11(15)14(9)18-13/h2-5,7H,6H2,1H3. The Balaban J connectivity index is 1.91. The number of aromatic nitrogens is 1. The maximum atomic E-state index is 13.5. The topological polar surface area (TPSA) is 43.1 Å². The lowest BCUT2D eigenvalue weighted by atomic mass is 10.2. The Kier molecular flexibility index (Phi) is 2.91. The van der Waals surface area contributed by atoms with Gasteiger partial charge >= 0.3 is 0 Å². The average molecular weight is 275 g/mol. The van der Waals surface area contributed by atoms with Crippen LogP contribution in [-0.2, 0) is 6.42 Å². The number of halogens is 1. The third kappa shape index (κ3) is 2.29.